The van der Waals surface area contributed by atoms with Crippen LogP contribution in [-0.2, 0) is 16.6 Å². The van der Waals surface area contributed by atoms with Crippen molar-refractivity contribution in [2.45, 2.75) is 18.4 Å². The molecule has 4 aromatic rings. The summed E-state index contributed by atoms with van der Waals surface area (Å²) >= 11 is 18.5. The summed E-state index contributed by atoms with van der Waals surface area (Å²) in [5, 5.41) is 10.2. The van der Waals surface area contributed by atoms with Crippen LogP contribution >= 0.6 is 34.8 Å². The standard InChI is InChI=1S/C25H21Cl3N6O4S/c1-14-10-15(26)11-17(24(35)29-2)22(14)32-25(36)20-12-16(33-34(20)23-19(28)7-5-9-30-23)13-31-39(37,38)21-8-4-3-6-18(21)27/h3-12,31H,13H2,1-2H3,(H,29,35)(H,32,36). The Morgan fingerprint density at radius 2 is 1.69 bits per heavy atom. The molecule has 14 heteroatoms. The van der Waals surface area contributed by atoms with Crippen molar-refractivity contribution in [1.82, 2.24) is 24.8 Å². The number of rotatable bonds is 8. The third-order valence-corrected chi connectivity index (χ3v) is 7.93. The lowest BCUT2D eigenvalue weighted by molar-refractivity contribution is 0.0964. The Morgan fingerprint density at radius 1 is 0.974 bits per heavy atom. The highest BCUT2D eigenvalue weighted by molar-refractivity contribution is 7.89. The zero-order valence-electron chi connectivity index (χ0n) is 20.5. The number of amides is 2. The number of nitrogens with zero attached hydrogens (tertiary/aromatic N) is 3. The average molecular weight is 608 g/mol. The summed E-state index contributed by atoms with van der Waals surface area (Å²) in [6, 6.07) is 13.6. The van der Waals surface area contributed by atoms with Crippen molar-refractivity contribution in [3.63, 3.8) is 0 Å². The van der Waals surface area contributed by atoms with Gasteiger partial charge in [-0.05, 0) is 55.0 Å². The largest absolute Gasteiger partial charge is 0.355 e. The number of pyridine rings is 1. The number of halogens is 3. The molecule has 0 saturated heterocycles. The SMILES string of the molecule is CNC(=O)c1cc(Cl)cc(C)c1NC(=O)c1cc(CNS(=O)(=O)c2ccccc2Cl)nn1-c1ncccc1Cl. The van der Waals surface area contributed by atoms with Crippen molar-refractivity contribution >= 4 is 62.3 Å². The summed E-state index contributed by atoms with van der Waals surface area (Å²) in [5.74, 6) is -0.962. The Bertz CT molecular complexity index is 1690. The van der Waals surface area contributed by atoms with Crippen LogP contribution in [0.3, 0.4) is 0 Å². The second kappa shape index (κ2) is 11.7. The van der Waals surface area contributed by atoms with Gasteiger partial charge in [0, 0.05) is 18.3 Å². The molecule has 2 amide bonds. The van der Waals surface area contributed by atoms with Crippen LogP contribution in [0.1, 0.15) is 32.1 Å². The molecule has 202 valence electrons. The topological polar surface area (TPSA) is 135 Å². The number of benzene rings is 2. The molecule has 0 atom stereocenters. The molecule has 0 aliphatic carbocycles. The average Bonchev–Trinajstić information content (AvgIpc) is 3.33. The molecular formula is C25H21Cl3N6O4S. The smallest absolute Gasteiger partial charge is 0.274 e. The molecule has 0 spiro atoms. The lowest BCUT2D eigenvalue weighted by atomic mass is 10.1. The first-order valence-corrected chi connectivity index (χ1v) is 13.9. The molecule has 4 rings (SSSR count). The van der Waals surface area contributed by atoms with E-state index in [2.05, 4.69) is 25.4 Å². The molecule has 0 saturated carbocycles. The monoisotopic (exact) mass is 606 g/mol. The lowest BCUT2D eigenvalue weighted by Crippen LogP contribution is -2.23. The van der Waals surface area contributed by atoms with Gasteiger partial charge in [0.15, 0.2) is 5.82 Å². The molecule has 0 fully saturated rings. The summed E-state index contributed by atoms with van der Waals surface area (Å²) in [6.45, 7) is 1.42. The highest BCUT2D eigenvalue weighted by atomic mass is 35.5. The van der Waals surface area contributed by atoms with Gasteiger partial charge in [0.1, 0.15) is 10.6 Å². The number of aromatic nitrogens is 3. The van der Waals surface area contributed by atoms with Crippen LogP contribution in [0.25, 0.3) is 5.82 Å². The first-order valence-electron chi connectivity index (χ1n) is 11.3. The van der Waals surface area contributed by atoms with Crippen LogP contribution in [0.15, 0.2) is 65.7 Å². The van der Waals surface area contributed by atoms with E-state index < -0.39 is 21.8 Å². The van der Waals surface area contributed by atoms with Gasteiger partial charge in [-0.1, -0.05) is 46.9 Å². The van der Waals surface area contributed by atoms with E-state index in [1.165, 1.54) is 42.2 Å². The first-order chi connectivity index (χ1) is 18.5. The molecule has 39 heavy (non-hydrogen) atoms. The summed E-state index contributed by atoms with van der Waals surface area (Å²) in [4.78, 5) is 30.1. The van der Waals surface area contributed by atoms with Gasteiger partial charge >= 0.3 is 0 Å². The van der Waals surface area contributed by atoms with Crippen molar-refractivity contribution in [1.29, 1.82) is 0 Å². The summed E-state index contributed by atoms with van der Waals surface area (Å²) in [6.07, 6.45) is 1.47. The van der Waals surface area contributed by atoms with Crippen LogP contribution in [-0.4, -0.2) is 42.0 Å². The van der Waals surface area contributed by atoms with Gasteiger partial charge in [0.2, 0.25) is 10.0 Å². The quantitative estimate of drug-likeness (QED) is 0.267. The van der Waals surface area contributed by atoms with Crippen LogP contribution in [0.5, 0.6) is 0 Å². The number of sulfonamides is 1. The number of hydrogen-bond donors (Lipinski definition) is 3. The molecule has 0 aliphatic heterocycles. The highest BCUT2D eigenvalue weighted by Crippen LogP contribution is 2.27. The molecule has 0 aliphatic rings. The van der Waals surface area contributed by atoms with E-state index in [1.54, 1.807) is 37.3 Å². The number of carbonyl (C=O) groups is 2. The van der Waals surface area contributed by atoms with E-state index in [1.807, 2.05) is 0 Å². The van der Waals surface area contributed by atoms with Crippen molar-refractivity contribution < 1.29 is 18.0 Å². The molecule has 3 N–H and O–H groups in total. The van der Waals surface area contributed by atoms with Crippen molar-refractivity contribution in [2.24, 2.45) is 0 Å². The zero-order valence-corrected chi connectivity index (χ0v) is 23.6. The van der Waals surface area contributed by atoms with E-state index in [-0.39, 0.29) is 49.9 Å². The number of carbonyl (C=O) groups excluding carboxylic acids is 2. The second-order valence-electron chi connectivity index (χ2n) is 8.18. The number of hydrogen-bond acceptors (Lipinski definition) is 6. The van der Waals surface area contributed by atoms with Crippen LogP contribution < -0.4 is 15.4 Å². The molecule has 10 nitrogen and oxygen atoms in total. The van der Waals surface area contributed by atoms with Crippen LogP contribution in [0.2, 0.25) is 15.1 Å². The van der Waals surface area contributed by atoms with Crippen LogP contribution in [0, 0.1) is 6.92 Å². The summed E-state index contributed by atoms with van der Waals surface area (Å²) in [7, 11) is -2.54. The van der Waals surface area contributed by atoms with Gasteiger partial charge in [-0.15, -0.1) is 0 Å². The second-order valence-corrected chi connectivity index (χ2v) is 11.2. The molecule has 2 aromatic carbocycles. The molecule has 0 radical (unpaired) electrons. The Hall–Kier alpha value is -3.48. The molecule has 2 aromatic heterocycles. The van der Waals surface area contributed by atoms with Gasteiger partial charge in [0.05, 0.1) is 33.5 Å². The number of anilines is 1. The van der Waals surface area contributed by atoms with Crippen molar-refractivity contribution in [3.8, 4) is 5.82 Å². The van der Waals surface area contributed by atoms with Crippen LogP contribution in [0.4, 0.5) is 5.69 Å². The fraction of sp³-hybridized carbons (Fsp3) is 0.120. The Labute approximate surface area is 239 Å². The highest BCUT2D eigenvalue weighted by Gasteiger charge is 2.24. The maximum absolute atomic E-state index is 13.5. The number of nitrogens with one attached hydrogen (secondary N) is 3. The minimum absolute atomic E-state index is 0.0141. The minimum atomic E-state index is -3.99. The Morgan fingerprint density at radius 3 is 2.38 bits per heavy atom. The van der Waals surface area contributed by atoms with E-state index in [0.29, 0.717) is 10.6 Å². The molecule has 0 unspecified atom stereocenters. The fourth-order valence-electron chi connectivity index (χ4n) is 3.68. The van der Waals surface area contributed by atoms with Crippen molar-refractivity contribution in [2.75, 3.05) is 12.4 Å². The van der Waals surface area contributed by atoms with Crippen molar-refractivity contribution in [3.05, 3.63) is 98.4 Å². The predicted octanol–water partition coefficient (Wildman–Crippen LogP) is 4.63. The lowest BCUT2D eigenvalue weighted by Gasteiger charge is -2.14. The molecule has 2 heterocycles. The predicted molar refractivity (Wildman–Crippen MR) is 149 cm³/mol. The Balaban J connectivity index is 1.72. The first kappa shape index (κ1) is 28.5. The van der Waals surface area contributed by atoms with E-state index in [0.717, 1.165) is 0 Å². The van der Waals surface area contributed by atoms with Gasteiger partial charge in [0.25, 0.3) is 11.8 Å². The van der Waals surface area contributed by atoms with E-state index in [4.69, 9.17) is 34.8 Å². The maximum Gasteiger partial charge on any atom is 0.274 e. The Kier molecular flexibility index (Phi) is 8.57. The van der Waals surface area contributed by atoms with E-state index >= 15 is 0 Å². The molecule has 0 bridgehead atoms. The van der Waals surface area contributed by atoms with Gasteiger partial charge in [-0.3, -0.25) is 9.59 Å². The summed E-state index contributed by atoms with van der Waals surface area (Å²) < 4.78 is 29.3. The minimum Gasteiger partial charge on any atom is -0.355 e. The van der Waals surface area contributed by atoms with Gasteiger partial charge in [-0.2, -0.15) is 5.10 Å². The molecular weight excluding hydrogens is 587 g/mol. The van der Waals surface area contributed by atoms with Gasteiger partial charge < -0.3 is 10.6 Å². The van der Waals surface area contributed by atoms with E-state index in [9.17, 15) is 18.0 Å². The normalized spacial score (nSPS) is 11.3. The maximum atomic E-state index is 13.5. The zero-order chi connectivity index (χ0) is 28.3. The number of aryl methyl sites for hydroxylation is 1. The third kappa shape index (κ3) is 6.23. The fourth-order valence-corrected chi connectivity index (χ4v) is 5.67. The third-order valence-electron chi connectivity index (χ3n) is 5.51. The summed E-state index contributed by atoms with van der Waals surface area (Å²) in [5.41, 5.74) is 1.12. The van der Waals surface area contributed by atoms with Gasteiger partial charge in [-0.25, -0.2) is 22.8 Å².